The van der Waals surface area contributed by atoms with Gasteiger partial charge in [-0.05, 0) is 30.4 Å². The summed E-state index contributed by atoms with van der Waals surface area (Å²) in [5.74, 6) is 1.66. The van der Waals surface area contributed by atoms with Gasteiger partial charge in [0.2, 0.25) is 0 Å². The van der Waals surface area contributed by atoms with E-state index in [-0.39, 0.29) is 0 Å². The number of ether oxygens (including phenoxy) is 1. The molecule has 1 aromatic rings. The number of nitrogens with one attached hydrogen (secondary N) is 1. The fraction of sp³-hybridized carbons (Fsp3) is 0.750. The highest BCUT2D eigenvalue weighted by Gasteiger charge is 2.25. The molecule has 1 atom stereocenters. The van der Waals surface area contributed by atoms with Crippen molar-refractivity contribution in [3.05, 3.63) is 17.5 Å². The van der Waals surface area contributed by atoms with Crippen molar-refractivity contribution in [2.75, 3.05) is 70.5 Å². The minimum Gasteiger partial charge on any atom is -0.379 e. The first-order valence-electron chi connectivity index (χ1n) is 10.3. The Hall–Kier alpha value is -1.31. The van der Waals surface area contributed by atoms with Gasteiger partial charge >= 0.3 is 0 Å². The second-order valence-electron chi connectivity index (χ2n) is 7.58. The highest BCUT2D eigenvalue weighted by molar-refractivity contribution is 7.14. The molecule has 0 radical (unpaired) electrons. The molecule has 0 saturated carbocycles. The first kappa shape index (κ1) is 20.4. The number of nitrogens with zero attached hydrogens (tertiary/aromatic N) is 4. The largest absolute Gasteiger partial charge is 0.379 e. The molecule has 0 aliphatic carbocycles. The molecule has 3 rings (SSSR count). The maximum atomic E-state index is 5.53. The fourth-order valence-corrected chi connectivity index (χ4v) is 4.64. The van der Waals surface area contributed by atoms with Crippen molar-refractivity contribution in [1.82, 2.24) is 15.1 Å². The SMILES string of the molecule is CCNC(=NCC(C(C)C)N1CCOCC1)N1CCN(c2cccs2)CC1. The summed E-state index contributed by atoms with van der Waals surface area (Å²) in [5, 5.41) is 7.05. The molecule has 1 aromatic heterocycles. The average molecular weight is 394 g/mol. The Balaban J connectivity index is 1.60. The van der Waals surface area contributed by atoms with Gasteiger partial charge in [0.1, 0.15) is 0 Å². The molecule has 2 saturated heterocycles. The lowest BCUT2D eigenvalue weighted by Crippen LogP contribution is -2.53. The maximum absolute atomic E-state index is 5.53. The van der Waals surface area contributed by atoms with Crippen molar-refractivity contribution in [3.8, 4) is 0 Å². The van der Waals surface area contributed by atoms with Crippen LogP contribution in [-0.4, -0.2) is 87.4 Å². The third-order valence-electron chi connectivity index (χ3n) is 5.44. The number of hydrogen-bond acceptors (Lipinski definition) is 5. The van der Waals surface area contributed by atoms with E-state index in [0.29, 0.717) is 12.0 Å². The second-order valence-corrected chi connectivity index (χ2v) is 8.51. The molecule has 3 heterocycles. The predicted octanol–water partition coefficient (Wildman–Crippen LogP) is 2.19. The molecule has 7 heteroatoms. The van der Waals surface area contributed by atoms with Crippen LogP contribution in [0.25, 0.3) is 0 Å². The van der Waals surface area contributed by atoms with Gasteiger partial charge in [0.25, 0.3) is 0 Å². The van der Waals surface area contributed by atoms with E-state index in [0.717, 1.165) is 71.5 Å². The van der Waals surface area contributed by atoms with Gasteiger partial charge in [-0.2, -0.15) is 0 Å². The van der Waals surface area contributed by atoms with Crippen LogP contribution >= 0.6 is 11.3 Å². The summed E-state index contributed by atoms with van der Waals surface area (Å²) in [5.41, 5.74) is 0. The van der Waals surface area contributed by atoms with Gasteiger partial charge in [-0.15, -0.1) is 11.3 Å². The molecule has 2 aliphatic rings. The molecule has 152 valence electrons. The Labute approximate surface area is 168 Å². The molecule has 0 aromatic carbocycles. The van der Waals surface area contributed by atoms with Gasteiger partial charge in [0.15, 0.2) is 5.96 Å². The van der Waals surface area contributed by atoms with Crippen LogP contribution in [0.15, 0.2) is 22.5 Å². The van der Waals surface area contributed by atoms with E-state index < -0.39 is 0 Å². The normalized spacial score (nSPS) is 21.0. The van der Waals surface area contributed by atoms with E-state index in [9.17, 15) is 0 Å². The van der Waals surface area contributed by atoms with Crippen molar-refractivity contribution in [3.63, 3.8) is 0 Å². The van der Waals surface area contributed by atoms with Crippen LogP contribution in [0.2, 0.25) is 0 Å². The van der Waals surface area contributed by atoms with E-state index in [1.165, 1.54) is 5.00 Å². The number of hydrogen-bond donors (Lipinski definition) is 1. The van der Waals surface area contributed by atoms with Gasteiger partial charge in [-0.1, -0.05) is 13.8 Å². The quantitative estimate of drug-likeness (QED) is 0.593. The van der Waals surface area contributed by atoms with Gasteiger partial charge in [0.05, 0.1) is 24.8 Å². The number of guanidine groups is 1. The van der Waals surface area contributed by atoms with Crippen molar-refractivity contribution in [1.29, 1.82) is 0 Å². The highest BCUT2D eigenvalue weighted by atomic mass is 32.1. The van der Waals surface area contributed by atoms with Crippen molar-refractivity contribution < 1.29 is 4.74 Å². The van der Waals surface area contributed by atoms with Gasteiger partial charge < -0.3 is 19.9 Å². The van der Waals surface area contributed by atoms with Crippen LogP contribution in [0, 0.1) is 5.92 Å². The number of piperazine rings is 1. The highest BCUT2D eigenvalue weighted by Crippen LogP contribution is 2.22. The molecule has 0 amide bonds. The van der Waals surface area contributed by atoms with Crippen LogP contribution in [0.4, 0.5) is 5.00 Å². The molecular formula is C20H35N5OS. The smallest absolute Gasteiger partial charge is 0.194 e. The first-order chi connectivity index (χ1) is 13.2. The zero-order valence-corrected chi connectivity index (χ0v) is 17.9. The summed E-state index contributed by atoms with van der Waals surface area (Å²) in [6.07, 6.45) is 0. The van der Waals surface area contributed by atoms with Crippen molar-refractivity contribution in [2.24, 2.45) is 10.9 Å². The molecule has 27 heavy (non-hydrogen) atoms. The van der Waals surface area contributed by atoms with Crippen molar-refractivity contribution in [2.45, 2.75) is 26.8 Å². The standard InChI is InChI=1S/C20H35N5OS/c1-4-21-20(22-16-18(17(2)3)23-11-13-26-14-12-23)25-9-7-24(8-10-25)19-6-5-15-27-19/h5-6,15,17-18H,4,7-14,16H2,1-3H3,(H,21,22). The van der Waals surface area contributed by atoms with Crippen LogP contribution in [-0.2, 0) is 4.74 Å². The first-order valence-corrected chi connectivity index (χ1v) is 11.2. The zero-order valence-electron chi connectivity index (χ0n) is 17.1. The number of rotatable bonds is 6. The summed E-state index contributed by atoms with van der Waals surface area (Å²) < 4.78 is 5.53. The monoisotopic (exact) mass is 393 g/mol. The number of aliphatic imine (C=N–C) groups is 1. The fourth-order valence-electron chi connectivity index (χ4n) is 3.85. The average Bonchev–Trinajstić information content (AvgIpc) is 3.23. The lowest BCUT2D eigenvalue weighted by molar-refractivity contribution is 0.00862. The Morgan fingerprint density at radius 1 is 1.19 bits per heavy atom. The second kappa shape index (κ2) is 10.3. The van der Waals surface area contributed by atoms with E-state index in [4.69, 9.17) is 9.73 Å². The van der Waals surface area contributed by atoms with Crippen molar-refractivity contribution >= 4 is 22.3 Å². The van der Waals surface area contributed by atoms with E-state index >= 15 is 0 Å². The maximum Gasteiger partial charge on any atom is 0.194 e. The Kier molecular flexibility index (Phi) is 7.79. The van der Waals surface area contributed by atoms with Crippen LogP contribution < -0.4 is 10.2 Å². The molecule has 2 aliphatic heterocycles. The minimum atomic E-state index is 0.481. The number of thiophene rings is 1. The van der Waals surface area contributed by atoms with Gasteiger partial charge in [-0.3, -0.25) is 9.89 Å². The Bertz CT molecular complexity index is 563. The summed E-state index contributed by atoms with van der Waals surface area (Å²) >= 11 is 1.83. The summed E-state index contributed by atoms with van der Waals surface area (Å²) in [4.78, 5) is 12.5. The number of morpholine rings is 1. The van der Waals surface area contributed by atoms with E-state index in [1.54, 1.807) is 0 Å². The minimum absolute atomic E-state index is 0.481. The molecule has 6 nitrogen and oxygen atoms in total. The zero-order chi connectivity index (χ0) is 19.1. The van der Waals surface area contributed by atoms with E-state index in [1.807, 2.05) is 11.3 Å². The van der Waals surface area contributed by atoms with Crippen LogP contribution in [0.3, 0.4) is 0 Å². The third-order valence-corrected chi connectivity index (χ3v) is 6.37. The lowest BCUT2D eigenvalue weighted by atomic mass is 10.0. The third kappa shape index (κ3) is 5.59. The Morgan fingerprint density at radius 3 is 2.52 bits per heavy atom. The summed E-state index contributed by atoms with van der Waals surface area (Å²) in [7, 11) is 0. The lowest BCUT2D eigenvalue weighted by Gasteiger charge is -2.38. The Morgan fingerprint density at radius 2 is 1.93 bits per heavy atom. The van der Waals surface area contributed by atoms with Gasteiger partial charge in [-0.25, -0.2) is 0 Å². The molecule has 0 spiro atoms. The number of anilines is 1. The van der Waals surface area contributed by atoms with E-state index in [2.05, 4.69) is 58.3 Å². The molecule has 2 fully saturated rings. The van der Waals surface area contributed by atoms with Crippen LogP contribution in [0.5, 0.6) is 0 Å². The molecule has 1 N–H and O–H groups in total. The summed E-state index contributed by atoms with van der Waals surface area (Å²) in [6, 6.07) is 4.83. The molecule has 0 bridgehead atoms. The van der Waals surface area contributed by atoms with Crippen LogP contribution in [0.1, 0.15) is 20.8 Å². The molecular weight excluding hydrogens is 358 g/mol. The predicted molar refractivity (Wildman–Crippen MR) is 115 cm³/mol. The molecule has 1 unspecified atom stereocenters. The topological polar surface area (TPSA) is 43.3 Å². The summed E-state index contributed by atoms with van der Waals surface area (Å²) in [6.45, 7) is 16.4. The van der Waals surface area contributed by atoms with Gasteiger partial charge in [0, 0.05) is 51.9 Å².